The normalized spacial score (nSPS) is 12.7. The van der Waals surface area contributed by atoms with Gasteiger partial charge in [0.25, 0.3) is 11.8 Å². The van der Waals surface area contributed by atoms with E-state index in [9.17, 15) is 27.6 Å². The van der Waals surface area contributed by atoms with E-state index in [1.165, 1.54) is 36.2 Å². The number of urea groups is 1. The van der Waals surface area contributed by atoms with Crippen molar-refractivity contribution in [1.82, 2.24) is 19.8 Å². The number of hydrogen-bond donors (Lipinski definition) is 5. The third-order valence-electron chi connectivity index (χ3n) is 5.84. The smallest absolute Gasteiger partial charge is 0.410 e. The summed E-state index contributed by atoms with van der Waals surface area (Å²) in [6, 6.07) is 4.34. The van der Waals surface area contributed by atoms with Gasteiger partial charge in [-0.2, -0.15) is 4.31 Å². The van der Waals surface area contributed by atoms with E-state index in [1.54, 1.807) is 6.92 Å². The molecule has 0 bridgehead atoms. The van der Waals surface area contributed by atoms with Crippen LogP contribution in [0.5, 0.6) is 0 Å². The fourth-order valence-corrected chi connectivity index (χ4v) is 6.48. The van der Waals surface area contributed by atoms with Gasteiger partial charge in [0.15, 0.2) is 0 Å². The summed E-state index contributed by atoms with van der Waals surface area (Å²) in [4.78, 5) is 52.2. The summed E-state index contributed by atoms with van der Waals surface area (Å²) in [5.41, 5.74) is 0.802. The Kier molecular flexibility index (Phi) is 10.1. The maximum Gasteiger partial charge on any atom is 0.410 e. The number of carbonyl (C=O) groups is 4. The molecule has 214 valence electrons. The average Bonchev–Trinajstić information content (AvgIpc) is 3.30. The first-order chi connectivity index (χ1) is 19.1. The number of rotatable bonds is 10. The molecular formula is C24H29N7O7S2. The zero-order valence-electron chi connectivity index (χ0n) is 21.8. The van der Waals surface area contributed by atoms with Gasteiger partial charge >= 0.3 is 12.1 Å². The van der Waals surface area contributed by atoms with Crippen LogP contribution in [0, 0.1) is 10.8 Å². The molecule has 1 aromatic heterocycles. The second kappa shape index (κ2) is 13.3. The van der Waals surface area contributed by atoms with Crippen molar-refractivity contribution in [2.75, 3.05) is 38.6 Å². The lowest BCUT2D eigenvalue weighted by atomic mass is 10.0. The van der Waals surface area contributed by atoms with E-state index in [2.05, 4.69) is 16.0 Å². The molecular weight excluding hydrogens is 562 g/mol. The van der Waals surface area contributed by atoms with Crippen molar-refractivity contribution in [2.45, 2.75) is 24.8 Å². The number of imide groups is 1. The van der Waals surface area contributed by atoms with Gasteiger partial charge in [-0.1, -0.05) is 0 Å². The highest BCUT2D eigenvalue weighted by molar-refractivity contribution is 7.89. The number of ether oxygens (including phenoxy) is 1. The monoisotopic (exact) mass is 591 g/mol. The van der Waals surface area contributed by atoms with Crippen molar-refractivity contribution in [1.29, 1.82) is 10.8 Å². The third-order valence-corrected chi connectivity index (χ3v) is 8.81. The van der Waals surface area contributed by atoms with Crippen LogP contribution in [0.4, 0.5) is 14.6 Å². The Bertz CT molecular complexity index is 1410. The summed E-state index contributed by atoms with van der Waals surface area (Å²) < 4.78 is 31.7. The molecule has 1 aliphatic heterocycles. The van der Waals surface area contributed by atoms with Crippen LogP contribution in [-0.4, -0.2) is 87.3 Å². The predicted molar refractivity (Wildman–Crippen MR) is 148 cm³/mol. The average molecular weight is 592 g/mol. The number of nitrogens with zero attached hydrogens (tertiary/aromatic N) is 2. The van der Waals surface area contributed by atoms with E-state index in [-0.39, 0.29) is 53.8 Å². The number of thiophene rings is 1. The zero-order valence-corrected chi connectivity index (χ0v) is 23.4. The van der Waals surface area contributed by atoms with E-state index in [0.29, 0.717) is 16.9 Å². The molecule has 16 heteroatoms. The summed E-state index contributed by atoms with van der Waals surface area (Å²) in [6.07, 6.45) is 1.62. The van der Waals surface area contributed by atoms with Gasteiger partial charge in [-0.25, -0.2) is 18.0 Å². The molecule has 2 aromatic rings. The Morgan fingerprint density at radius 1 is 1.10 bits per heavy atom. The van der Waals surface area contributed by atoms with Crippen molar-refractivity contribution >= 4 is 62.7 Å². The molecule has 5 N–H and O–H groups in total. The van der Waals surface area contributed by atoms with Crippen LogP contribution in [-0.2, 0) is 27.7 Å². The van der Waals surface area contributed by atoms with Gasteiger partial charge in [0, 0.05) is 49.6 Å². The van der Waals surface area contributed by atoms with Gasteiger partial charge in [-0.15, -0.1) is 11.3 Å². The van der Waals surface area contributed by atoms with Crippen LogP contribution in [0.2, 0.25) is 0 Å². The number of benzene rings is 1. The fraction of sp³-hybridized carbons (Fsp3) is 0.333. The fourth-order valence-electron chi connectivity index (χ4n) is 3.91. The van der Waals surface area contributed by atoms with Crippen LogP contribution >= 0.6 is 11.3 Å². The molecule has 0 aliphatic carbocycles. The van der Waals surface area contributed by atoms with Gasteiger partial charge in [-0.3, -0.25) is 14.9 Å². The zero-order chi connectivity index (χ0) is 29.4. The molecule has 0 fully saturated rings. The SMILES string of the molecule is CCOC(=O)N1CCc2c(sc(NC(=O)c3ccc(S(=O)(=O)N(CC=N)CC=N)cc3)c2C(=O)NC(=O)NC)C1. The topological polar surface area (TPSA) is 202 Å². The van der Waals surface area contributed by atoms with Crippen LogP contribution < -0.4 is 16.0 Å². The molecule has 1 aliphatic rings. The van der Waals surface area contributed by atoms with E-state index >= 15 is 0 Å². The highest BCUT2D eigenvalue weighted by atomic mass is 32.2. The Morgan fingerprint density at radius 3 is 2.33 bits per heavy atom. The first kappa shape index (κ1) is 30.4. The standard InChI is InChI=1S/C24H29N7O7S2/c1-3-38-24(35)30-11-8-17-18(14-30)39-22(19(17)21(33)29-23(34)27-2)28-20(32)15-4-6-16(7-5-15)40(36,37)31(12-9-25)13-10-26/h4-7,9-10,25-26H,3,8,11-14H2,1-2H3,(H,28,32)(H2,27,29,33,34). The Hall–Kier alpha value is -4.15. The molecule has 0 atom stereocenters. The molecule has 3 rings (SSSR count). The molecule has 0 unspecified atom stereocenters. The molecule has 0 spiro atoms. The van der Waals surface area contributed by atoms with Crippen molar-refractivity contribution in [3.63, 3.8) is 0 Å². The number of nitrogens with one attached hydrogen (secondary N) is 5. The second-order valence-electron chi connectivity index (χ2n) is 8.32. The lowest BCUT2D eigenvalue weighted by molar-refractivity contribution is 0.0963. The lowest BCUT2D eigenvalue weighted by Crippen LogP contribution is -2.39. The lowest BCUT2D eigenvalue weighted by Gasteiger charge is -2.26. The molecule has 14 nitrogen and oxygen atoms in total. The molecule has 0 radical (unpaired) electrons. The summed E-state index contributed by atoms with van der Waals surface area (Å²) in [5.74, 6) is -1.36. The number of fused-ring (bicyclic) bond motifs is 1. The molecule has 2 heterocycles. The maximum atomic E-state index is 13.1. The van der Waals surface area contributed by atoms with E-state index in [4.69, 9.17) is 15.6 Å². The van der Waals surface area contributed by atoms with Crippen LogP contribution in [0.25, 0.3) is 0 Å². The van der Waals surface area contributed by atoms with E-state index in [1.807, 2.05) is 0 Å². The van der Waals surface area contributed by atoms with Crippen LogP contribution in [0.3, 0.4) is 0 Å². The minimum absolute atomic E-state index is 0.0989. The second-order valence-corrected chi connectivity index (χ2v) is 11.4. The van der Waals surface area contributed by atoms with Gasteiger partial charge < -0.3 is 31.1 Å². The van der Waals surface area contributed by atoms with Gasteiger partial charge in [-0.05, 0) is 43.2 Å². The van der Waals surface area contributed by atoms with Crippen LogP contribution in [0.15, 0.2) is 29.2 Å². The summed E-state index contributed by atoms with van der Waals surface area (Å²) >= 11 is 1.09. The highest BCUT2D eigenvalue weighted by Crippen LogP contribution is 2.37. The van der Waals surface area contributed by atoms with Gasteiger partial charge in [0.05, 0.1) is 23.6 Å². The van der Waals surface area contributed by atoms with E-state index < -0.39 is 34.0 Å². The molecule has 0 saturated heterocycles. The first-order valence-electron chi connectivity index (χ1n) is 12.1. The Morgan fingerprint density at radius 2 is 1.75 bits per heavy atom. The van der Waals surface area contributed by atoms with Crippen molar-refractivity contribution in [3.05, 3.63) is 45.8 Å². The van der Waals surface area contributed by atoms with E-state index in [0.717, 1.165) is 28.1 Å². The summed E-state index contributed by atoms with van der Waals surface area (Å²) in [7, 11) is -2.66. The minimum Gasteiger partial charge on any atom is -0.450 e. The maximum absolute atomic E-state index is 13.1. The Balaban J connectivity index is 1.90. The minimum atomic E-state index is -4.01. The Labute approximate surface area is 234 Å². The number of carbonyl (C=O) groups excluding carboxylic acids is 4. The quantitative estimate of drug-likeness (QED) is 0.259. The first-order valence-corrected chi connectivity index (χ1v) is 14.3. The largest absolute Gasteiger partial charge is 0.450 e. The number of hydrogen-bond acceptors (Lipinski definition) is 10. The third kappa shape index (κ3) is 6.70. The molecule has 40 heavy (non-hydrogen) atoms. The van der Waals surface area contributed by atoms with Crippen molar-refractivity contribution < 1.29 is 32.3 Å². The number of sulfonamides is 1. The highest BCUT2D eigenvalue weighted by Gasteiger charge is 2.31. The predicted octanol–water partition coefficient (Wildman–Crippen LogP) is 1.87. The van der Waals surface area contributed by atoms with Crippen LogP contribution in [0.1, 0.15) is 38.1 Å². The number of amides is 5. The summed E-state index contributed by atoms with van der Waals surface area (Å²) in [5, 5.41) is 21.8. The van der Waals surface area contributed by atoms with Gasteiger partial charge in [0.1, 0.15) is 5.00 Å². The number of anilines is 1. The molecule has 5 amide bonds. The molecule has 1 aromatic carbocycles. The van der Waals surface area contributed by atoms with Gasteiger partial charge in [0.2, 0.25) is 10.0 Å². The van der Waals surface area contributed by atoms with Crippen molar-refractivity contribution in [3.8, 4) is 0 Å². The molecule has 0 saturated carbocycles. The summed E-state index contributed by atoms with van der Waals surface area (Å²) in [6.45, 7) is 1.91. The van der Waals surface area contributed by atoms with Crippen molar-refractivity contribution in [2.24, 2.45) is 0 Å².